The summed E-state index contributed by atoms with van der Waals surface area (Å²) in [6, 6.07) is 6.14. The monoisotopic (exact) mass is 276 g/mol. The van der Waals surface area contributed by atoms with Crippen molar-refractivity contribution in [3.05, 3.63) is 29.3 Å². The molecule has 1 fully saturated rings. The molecule has 1 saturated heterocycles. The smallest absolute Gasteiger partial charge is 0.224 e. The van der Waals surface area contributed by atoms with Gasteiger partial charge in [0, 0.05) is 13.1 Å². The van der Waals surface area contributed by atoms with Gasteiger partial charge in [-0.15, -0.1) is 0 Å². The van der Waals surface area contributed by atoms with Crippen LogP contribution in [0.3, 0.4) is 0 Å². The summed E-state index contributed by atoms with van der Waals surface area (Å²) in [6.45, 7) is 4.56. The summed E-state index contributed by atoms with van der Waals surface area (Å²) in [5.74, 6) is 1.19. The van der Waals surface area contributed by atoms with Crippen LogP contribution in [0.15, 0.2) is 18.2 Å². The molecule has 0 aliphatic carbocycles. The van der Waals surface area contributed by atoms with Crippen LogP contribution >= 0.6 is 0 Å². The molecule has 2 rings (SSSR count). The van der Waals surface area contributed by atoms with Crippen molar-refractivity contribution in [2.45, 2.75) is 26.2 Å². The molecular weight excluding hydrogens is 252 g/mol. The van der Waals surface area contributed by atoms with Crippen LogP contribution in [0.2, 0.25) is 0 Å². The van der Waals surface area contributed by atoms with E-state index in [1.165, 1.54) is 5.56 Å². The molecule has 1 aliphatic heterocycles. The van der Waals surface area contributed by atoms with E-state index in [0.717, 1.165) is 43.7 Å². The van der Waals surface area contributed by atoms with Gasteiger partial charge in [0.1, 0.15) is 5.75 Å². The molecule has 1 unspecified atom stereocenters. The average molecular weight is 276 g/mol. The lowest BCUT2D eigenvalue weighted by atomic mass is 9.99. The highest BCUT2D eigenvalue weighted by atomic mass is 16.5. The lowest BCUT2D eigenvalue weighted by Crippen LogP contribution is -2.41. The Hall–Kier alpha value is -1.55. The zero-order chi connectivity index (χ0) is 14.4. The number of hydrogen-bond donors (Lipinski definition) is 2. The molecule has 20 heavy (non-hydrogen) atoms. The first-order valence-electron chi connectivity index (χ1n) is 7.32. The van der Waals surface area contributed by atoms with E-state index in [2.05, 4.69) is 23.6 Å². The van der Waals surface area contributed by atoms with Gasteiger partial charge in [0.2, 0.25) is 5.91 Å². The van der Waals surface area contributed by atoms with E-state index >= 15 is 0 Å². The van der Waals surface area contributed by atoms with E-state index in [-0.39, 0.29) is 11.8 Å². The molecule has 1 aromatic carbocycles. The Kier molecular flexibility index (Phi) is 5.41. The first kappa shape index (κ1) is 14.9. The van der Waals surface area contributed by atoms with Crippen molar-refractivity contribution in [3.63, 3.8) is 0 Å². The number of benzene rings is 1. The van der Waals surface area contributed by atoms with Crippen LogP contribution in [-0.2, 0) is 11.2 Å². The molecule has 4 nitrogen and oxygen atoms in total. The SMILES string of the molecule is COc1ccc(C)cc1CCNC(=O)C1CCCNC1. The fourth-order valence-electron chi connectivity index (χ4n) is 2.64. The third-order valence-electron chi connectivity index (χ3n) is 3.80. The molecule has 0 aromatic heterocycles. The molecule has 1 heterocycles. The Morgan fingerprint density at radius 2 is 2.35 bits per heavy atom. The largest absolute Gasteiger partial charge is 0.496 e. The van der Waals surface area contributed by atoms with Crippen molar-refractivity contribution in [3.8, 4) is 5.75 Å². The van der Waals surface area contributed by atoms with Gasteiger partial charge in [0.05, 0.1) is 13.0 Å². The van der Waals surface area contributed by atoms with Crippen LogP contribution in [0.1, 0.15) is 24.0 Å². The van der Waals surface area contributed by atoms with Gasteiger partial charge in [0.25, 0.3) is 0 Å². The lowest BCUT2D eigenvalue weighted by molar-refractivity contribution is -0.125. The van der Waals surface area contributed by atoms with E-state index in [0.29, 0.717) is 6.54 Å². The van der Waals surface area contributed by atoms with E-state index in [4.69, 9.17) is 4.74 Å². The van der Waals surface area contributed by atoms with Crippen molar-refractivity contribution >= 4 is 5.91 Å². The predicted octanol–water partition coefficient (Wildman–Crippen LogP) is 1.66. The van der Waals surface area contributed by atoms with Crippen molar-refractivity contribution in [2.75, 3.05) is 26.7 Å². The Bertz CT molecular complexity index is 454. The second-order valence-corrected chi connectivity index (χ2v) is 5.40. The van der Waals surface area contributed by atoms with Crippen LogP contribution in [-0.4, -0.2) is 32.7 Å². The zero-order valence-electron chi connectivity index (χ0n) is 12.4. The van der Waals surface area contributed by atoms with Crippen LogP contribution in [0.4, 0.5) is 0 Å². The predicted molar refractivity (Wildman–Crippen MR) is 80.0 cm³/mol. The van der Waals surface area contributed by atoms with Gasteiger partial charge in [-0.1, -0.05) is 17.7 Å². The van der Waals surface area contributed by atoms with E-state index in [1.54, 1.807) is 7.11 Å². The highest BCUT2D eigenvalue weighted by Gasteiger charge is 2.20. The minimum atomic E-state index is 0.128. The number of rotatable bonds is 5. The van der Waals surface area contributed by atoms with Crippen molar-refractivity contribution in [1.29, 1.82) is 0 Å². The molecule has 1 aliphatic rings. The van der Waals surface area contributed by atoms with Gasteiger partial charge in [-0.3, -0.25) is 4.79 Å². The van der Waals surface area contributed by atoms with Crippen LogP contribution < -0.4 is 15.4 Å². The van der Waals surface area contributed by atoms with Crippen molar-refractivity contribution in [1.82, 2.24) is 10.6 Å². The number of hydrogen-bond acceptors (Lipinski definition) is 3. The molecule has 2 N–H and O–H groups in total. The fraction of sp³-hybridized carbons (Fsp3) is 0.562. The topological polar surface area (TPSA) is 50.4 Å². The number of nitrogens with one attached hydrogen (secondary N) is 2. The quantitative estimate of drug-likeness (QED) is 0.860. The van der Waals surface area contributed by atoms with Crippen LogP contribution in [0, 0.1) is 12.8 Å². The number of ether oxygens (including phenoxy) is 1. The molecular formula is C16H24N2O2. The maximum absolute atomic E-state index is 12.0. The van der Waals surface area contributed by atoms with E-state index < -0.39 is 0 Å². The number of carbonyl (C=O) groups excluding carboxylic acids is 1. The van der Waals surface area contributed by atoms with Gasteiger partial charge in [0.15, 0.2) is 0 Å². The number of methoxy groups -OCH3 is 1. The average Bonchev–Trinajstić information content (AvgIpc) is 2.48. The summed E-state index contributed by atoms with van der Waals surface area (Å²) in [5.41, 5.74) is 2.36. The van der Waals surface area contributed by atoms with Crippen molar-refractivity contribution in [2.24, 2.45) is 5.92 Å². The molecule has 1 atom stereocenters. The molecule has 1 amide bonds. The maximum atomic E-state index is 12.0. The Morgan fingerprint density at radius 1 is 1.50 bits per heavy atom. The Balaban J connectivity index is 1.83. The molecule has 0 spiro atoms. The summed E-state index contributed by atoms with van der Waals surface area (Å²) < 4.78 is 5.35. The van der Waals surface area contributed by atoms with Gasteiger partial charge < -0.3 is 15.4 Å². The standard InChI is InChI=1S/C16H24N2O2/c1-12-5-6-15(20-2)13(10-12)7-9-18-16(19)14-4-3-8-17-11-14/h5-6,10,14,17H,3-4,7-9,11H2,1-2H3,(H,18,19). The molecule has 110 valence electrons. The first-order valence-corrected chi connectivity index (χ1v) is 7.32. The van der Waals surface area contributed by atoms with E-state index in [1.807, 2.05) is 12.1 Å². The minimum Gasteiger partial charge on any atom is -0.496 e. The molecule has 1 aromatic rings. The summed E-state index contributed by atoms with van der Waals surface area (Å²) in [6.07, 6.45) is 2.88. The van der Waals surface area contributed by atoms with Gasteiger partial charge in [-0.05, 0) is 44.4 Å². The van der Waals surface area contributed by atoms with Gasteiger partial charge in [-0.25, -0.2) is 0 Å². The van der Waals surface area contributed by atoms with Gasteiger partial charge >= 0.3 is 0 Å². The number of piperidine rings is 1. The van der Waals surface area contributed by atoms with E-state index in [9.17, 15) is 4.79 Å². The highest BCUT2D eigenvalue weighted by molar-refractivity contribution is 5.78. The fourth-order valence-corrected chi connectivity index (χ4v) is 2.64. The second-order valence-electron chi connectivity index (χ2n) is 5.40. The maximum Gasteiger partial charge on any atom is 0.224 e. The van der Waals surface area contributed by atoms with Gasteiger partial charge in [-0.2, -0.15) is 0 Å². The zero-order valence-corrected chi connectivity index (χ0v) is 12.4. The molecule has 0 saturated carbocycles. The first-order chi connectivity index (χ1) is 9.70. The molecule has 0 radical (unpaired) electrons. The normalized spacial score (nSPS) is 18.6. The second kappa shape index (κ2) is 7.29. The molecule has 4 heteroatoms. The van der Waals surface area contributed by atoms with Crippen LogP contribution in [0.5, 0.6) is 5.75 Å². The number of aryl methyl sites for hydroxylation is 1. The Labute approximate surface area is 120 Å². The summed E-state index contributed by atoms with van der Waals surface area (Å²) in [7, 11) is 1.68. The summed E-state index contributed by atoms with van der Waals surface area (Å²) in [5, 5.41) is 6.31. The lowest BCUT2D eigenvalue weighted by Gasteiger charge is -2.22. The summed E-state index contributed by atoms with van der Waals surface area (Å²) in [4.78, 5) is 12.0. The van der Waals surface area contributed by atoms with Crippen LogP contribution in [0.25, 0.3) is 0 Å². The molecule has 0 bridgehead atoms. The number of carbonyl (C=O) groups is 1. The third-order valence-corrected chi connectivity index (χ3v) is 3.80. The number of amides is 1. The van der Waals surface area contributed by atoms with Crippen molar-refractivity contribution < 1.29 is 9.53 Å². The minimum absolute atomic E-state index is 0.128. The highest BCUT2D eigenvalue weighted by Crippen LogP contribution is 2.19. The summed E-state index contributed by atoms with van der Waals surface area (Å²) >= 11 is 0. The third kappa shape index (κ3) is 3.97. The Morgan fingerprint density at radius 3 is 3.05 bits per heavy atom.